The highest BCUT2D eigenvalue weighted by atomic mass is 32.1. The molecule has 1 unspecified atom stereocenters. The van der Waals surface area contributed by atoms with E-state index < -0.39 is 11.9 Å². The molecule has 0 fully saturated rings. The van der Waals surface area contributed by atoms with E-state index in [1.165, 1.54) is 19.2 Å². The highest BCUT2D eigenvalue weighted by Crippen LogP contribution is 2.33. The number of aromatic nitrogens is 1. The Morgan fingerprint density at radius 2 is 2.12 bits per heavy atom. The van der Waals surface area contributed by atoms with Crippen molar-refractivity contribution in [3.63, 3.8) is 0 Å². The fourth-order valence-corrected chi connectivity index (χ4v) is 3.24. The Hall–Kier alpha value is -2.51. The molecule has 0 spiro atoms. The number of amides is 1. The van der Waals surface area contributed by atoms with E-state index in [1.54, 1.807) is 24.3 Å². The summed E-state index contributed by atoms with van der Waals surface area (Å²) in [6.45, 7) is 0. The topological polar surface area (TPSA) is 71.5 Å². The Morgan fingerprint density at radius 1 is 1.38 bits per heavy atom. The van der Waals surface area contributed by atoms with Gasteiger partial charge in [-0.25, -0.2) is 9.37 Å². The standard InChI is InChI=1S/C17H15FN2O3S/c1-23-13-7-11(18)8-14-16(13)20-17(24-14)19-15(22)9-12(21)10-5-3-2-4-6-10/h2-8,12,21H,9H2,1H3,(H,19,20,22). The van der Waals surface area contributed by atoms with E-state index >= 15 is 0 Å². The van der Waals surface area contributed by atoms with E-state index in [-0.39, 0.29) is 12.3 Å². The first-order valence-electron chi connectivity index (χ1n) is 7.24. The maximum Gasteiger partial charge on any atom is 0.229 e. The molecule has 1 heterocycles. The number of nitrogens with zero attached hydrogens (tertiary/aromatic N) is 1. The lowest BCUT2D eigenvalue weighted by Crippen LogP contribution is -2.15. The molecule has 1 aromatic heterocycles. The van der Waals surface area contributed by atoms with Gasteiger partial charge in [-0.1, -0.05) is 41.7 Å². The number of ether oxygens (including phenoxy) is 1. The monoisotopic (exact) mass is 346 g/mol. The minimum absolute atomic E-state index is 0.0918. The number of aliphatic hydroxyl groups is 1. The third-order valence-corrected chi connectivity index (χ3v) is 4.37. The number of hydrogen-bond donors (Lipinski definition) is 2. The van der Waals surface area contributed by atoms with Gasteiger partial charge < -0.3 is 15.2 Å². The van der Waals surface area contributed by atoms with Crippen molar-refractivity contribution in [3.8, 4) is 5.75 Å². The number of anilines is 1. The summed E-state index contributed by atoms with van der Waals surface area (Å²) in [5.74, 6) is -0.490. The second-order valence-corrected chi connectivity index (χ2v) is 6.18. The number of hydrogen-bond acceptors (Lipinski definition) is 5. The van der Waals surface area contributed by atoms with Crippen molar-refractivity contribution in [1.82, 2.24) is 4.98 Å². The molecule has 0 saturated carbocycles. The SMILES string of the molecule is COc1cc(F)cc2sc(NC(=O)CC(O)c3ccccc3)nc12. The van der Waals surface area contributed by atoms with Gasteiger partial charge in [0, 0.05) is 6.07 Å². The van der Waals surface area contributed by atoms with Gasteiger partial charge >= 0.3 is 0 Å². The molecule has 3 rings (SSSR count). The number of carbonyl (C=O) groups is 1. The molecule has 1 atom stereocenters. The van der Waals surface area contributed by atoms with Gasteiger partial charge in [-0.05, 0) is 11.6 Å². The summed E-state index contributed by atoms with van der Waals surface area (Å²) in [5.41, 5.74) is 1.16. The number of fused-ring (bicyclic) bond motifs is 1. The van der Waals surface area contributed by atoms with Gasteiger partial charge in [0.2, 0.25) is 5.91 Å². The van der Waals surface area contributed by atoms with Crippen molar-refractivity contribution in [3.05, 3.63) is 53.8 Å². The molecule has 5 nitrogen and oxygen atoms in total. The van der Waals surface area contributed by atoms with E-state index in [9.17, 15) is 14.3 Å². The lowest BCUT2D eigenvalue weighted by atomic mass is 10.1. The van der Waals surface area contributed by atoms with Crippen LogP contribution in [0.15, 0.2) is 42.5 Å². The van der Waals surface area contributed by atoms with Crippen LogP contribution in [-0.4, -0.2) is 23.1 Å². The van der Waals surface area contributed by atoms with E-state index in [2.05, 4.69) is 10.3 Å². The Kier molecular flexibility index (Phi) is 4.73. The fraction of sp³-hybridized carbons (Fsp3) is 0.176. The summed E-state index contributed by atoms with van der Waals surface area (Å²) in [7, 11) is 1.43. The maximum absolute atomic E-state index is 13.5. The van der Waals surface area contributed by atoms with Crippen LogP contribution in [0.5, 0.6) is 5.75 Å². The molecule has 0 bridgehead atoms. The van der Waals surface area contributed by atoms with Crippen molar-refractivity contribution in [1.29, 1.82) is 0 Å². The molecule has 0 saturated heterocycles. The summed E-state index contributed by atoms with van der Waals surface area (Å²) in [5, 5.41) is 13.0. The first-order valence-corrected chi connectivity index (χ1v) is 8.05. The molecule has 0 aliphatic rings. The quantitative estimate of drug-likeness (QED) is 0.742. The highest BCUT2D eigenvalue weighted by molar-refractivity contribution is 7.22. The van der Waals surface area contributed by atoms with Crippen LogP contribution in [0.25, 0.3) is 10.2 Å². The number of carbonyl (C=O) groups excluding carboxylic acids is 1. The zero-order valence-corrected chi connectivity index (χ0v) is 13.6. The fourth-order valence-electron chi connectivity index (χ4n) is 2.31. The van der Waals surface area contributed by atoms with Crippen molar-refractivity contribution >= 4 is 32.6 Å². The van der Waals surface area contributed by atoms with Crippen LogP contribution < -0.4 is 10.1 Å². The molecule has 3 aromatic rings. The minimum atomic E-state index is -0.896. The Labute approximate surface area is 141 Å². The van der Waals surface area contributed by atoms with Crippen molar-refractivity contribution in [2.45, 2.75) is 12.5 Å². The number of nitrogens with one attached hydrogen (secondary N) is 1. The van der Waals surface area contributed by atoms with Gasteiger partial charge in [-0.3, -0.25) is 4.79 Å². The predicted octanol–water partition coefficient (Wildman–Crippen LogP) is 3.51. The van der Waals surface area contributed by atoms with Crippen molar-refractivity contribution in [2.24, 2.45) is 0 Å². The summed E-state index contributed by atoms with van der Waals surface area (Å²) in [4.78, 5) is 16.3. The molecule has 7 heteroatoms. The Morgan fingerprint density at radius 3 is 2.83 bits per heavy atom. The summed E-state index contributed by atoms with van der Waals surface area (Å²) < 4.78 is 19.2. The number of thiazole rings is 1. The number of aliphatic hydroxyl groups excluding tert-OH is 1. The lowest BCUT2D eigenvalue weighted by Gasteiger charge is -2.09. The van der Waals surface area contributed by atoms with Gasteiger partial charge in [-0.2, -0.15) is 0 Å². The lowest BCUT2D eigenvalue weighted by molar-refractivity contribution is -0.118. The molecular formula is C17H15FN2O3S. The van der Waals surface area contributed by atoms with Gasteiger partial charge in [0.25, 0.3) is 0 Å². The van der Waals surface area contributed by atoms with E-state index in [1.807, 2.05) is 6.07 Å². The molecular weight excluding hydrogens is 331 g/mol. The van der Waals surface area contributed by atoms with Crippen LogP contribution in [0.3, 0.4) is 0 Å². The molecule has 24 heavy (non-hydrogen) atoms. The van der Waals surface area contributed by atoms with E-state index in [0.29, 0.717) is 26.7 Å². The first kappa shape index (κ1) is 16.4. The van der Waals surface area contributed by atoms with Crippen LogP contribution in [0.4, 0.5) is 9.52 Å². The van der Waals surface area contributed by atoms with Gasteiger partial charge in [0.05, 0.1) is 24.3 Å². The molecule has 0 aliphatic carbocycles. The average molecular weight is 346 g/mol. The van der Waals surface area contributed by atoms with Crippen molar-refractivity contribution in [2.75, 3.05) is 12.4 Å². The minimum Gasteiger partial charge on any atom is -0.494 e. The smallest absolute Gasteiger partial charge is 0.229 e. The largest absolute Gasteiger partial charge is 0.494 e. The van der Waals surface area contributed by atoms with Crippen LogP contribution >= 0.6 is 11.3 Å². The molecule has 0 radical (unpaired) electrons. The second-order valence-electron chi connectivity index (χ2n) is 5.15. The van der Waals surface area contributed by atoms with Crippen LogP contribution in [-0.2, 0) is 4.79 Å². The highest BCUT2D eigenvalue weighted by Gasteiger charge is 2.16. The average Bonchev–Trinajstić information content (AvgIpc) is 2.96. The Bertz CT molecular complexity index is 867. The predicted molar refractivity (Wildman–Crippen MR) is 90.8 cm³/mol. The Balaban J connectivity index is 1.74. The third-order valence-electron chi connectivity index (χ3n) is 3.45. The zero-order valence-electron chi connectivity index (χ0n) is 12.8. The van der Waals surface area contributed by atoms with Gasteiger partial charge in [0.15, 0.2) is 5.13 Å². The molecule has 1 amide bonds. The van der Waals surface area contributed by atoms with E-state index in [4.69, 9.17) is 4.74 Å². The summed E-state index contributed by atoms with van der Waals surface area (Å²) >= 11 is 1.15. The van der Waals surface area contributed by atoms with Crippen LogP contribution in [0.1, 0.15) is 18.1 Å². The van der Waals surface area contributed by atoms with Gasteiger partial charge in [-0.15, -0.1) is 0 Å². The third kappa shape index (κ3) is 3.52. The zero-order chi connectivity index (χ0) is 17.1. The number of halogens is 1. The molecule has 124 valence electrons. The normalized spacial score (nSPS) is 12.1. The second kappa shape index (κ2) is 6.94. The first-order chi connectivity index (χ1) is 11.6. The molecule has 2 N–H and O–H groups in total. The summed E-state index contributed by atoms with van der Waals surface area (Å²) in [6.07, 6.45) is -0.988. The van der Waals surface area contributed by atoms with Crippen LogP contribution in [0.2, 0.25) is 0 Å². The number of methoxy groups -OCH3 is 1. The maximum atomic E-state index is 13.5. The van der Waals surface area contributed by atoms with Gasteiger partial charge in [0.1, 0.15) is 17.1 Å². The number of rotatable bonds is 5. The number of benzene rings is 2. The van der Waals surface area contributed by atoms with E-state index in [0.717, 1.165) is 11.3 Å². The summed E-state index contributed by atoms with van der Waals surface area (Å²) in [6, 6.07) is 11.5. The molecule has 2 aromatic carbocycles. The molecule has 0 aliphatic heterocycles. The van der Waals surface area contributed by atoms with Crippen LogP contribution in [0, 0.1) is 5.82 Å². The van der Waals surface area contributed by atoms with Crippen molar-refractivity contribution < 1.29 is 19.0 Å².